The van der Waals surface area contributed by atoms with E-state index in [1.165, 1.54) is 11.1 Å². The van der Waals surface area contributed by atoms with Crippen LogP contribution < -0.4 is 5.32 Å². The number of nitrogens with zero attached hydrogens (tertiary/aromatic N) is 1. The first-order chi connectivity index (χ1) is 14.6. The summed E-state index contributed by atoms with van der Waals surface area (Å²) in [6.07, 6.45) is 4.02. The molecule has 2 aromatic rings. The number of piperidine rings is 1. The number of nitrogens with one attached hydrogen (secondary N) is 1. The van der Waals surface area contributed by atoms with E-state index in [-0.39, 0.29) is 17.9 Å². The Morgan fingerprint density at radius 1 is 1.03 bits per heavy atom. The highest BCUT2D eigenvalue weighted by molar-refractivity contribution is 5.87. The number of hydrogen-bond acceptors (Lipinski definition) is 3. The summed E-state index contributed by atoms with van der Waals surface area (Å²) < 4.78 is 0. The molecule has 2 unspecified atom stereocenters. The molecule has 3 aliphatic rings. The minimum absolute atomic E-state index is 0.0102. The predicted octanol–water partition coefficient (Wildman–Crippen LogP) is 3.62. The summed E-state index contributed by atoms with van der Waals surface area (Å²) in [6, 6.07) is 18.3. The fourth-order valence-corrected chi connectivity index (χ4v) is 5.83. The molecule has 158 valence electrons. The molecule has 0 radical (unpaired) electrons. The summed E-state index contributed by atoms with van der Waals surface area (Å²) in [5.74, 6) is 0.852. The van der Waals surface area contributed by atoms with Crippen LogP contribution in [0.4, 0.5) is 0 Å². The number of rotatable bonds is 6. The van der Waals surface area contributed by atoms with Gasteiger partial charge in [0.2, 0.25) is 0 Å². The number of amides is 1. The van der Waals surface area contributed by atoms with Gasteiger partial charge in [0.15, 0.2) is 5.60 Å². The molecule has 4 nitrogen and oxygen atoms in total. The first-order valence-corrected chi connectivity index (χ1v) is 11.4. The van der Waals surface area contributed by atoms with Crippen molar-refractivity contribution in [1.82, 2.24) is 10.2 Å². The molecule has 2 N–H and O–H groups in total. The number of aryl methyl sites for hydroxylation is 1. The minimum atomic E-state index is -1.41. The third kappa shape index (κ3) is 3.46. The van der Waals surface area contributed by atoms with E-state index in [2.05, 4.69) is 41.4 Å². The second-order valence-electron chi connectivity index (χ2n) is 9.56. The van der Waals surface area contributed by atoms with Crippen LogP contribution in [-0.4, -0.2) is 35.0 Å². The van der Waals surface area contributed by atoms with Crippen molar-refractivity contribution in [2.45, 2.75) is 50.8 Å². The number of hydrogen-bond donors (Lipinski definition) is 2. The Balaban J connectivity index is 1.24. The summed E-state index contributed by atoms with van der Waals surface area (Å²) in [5.41, 5.74) is 2.06. The molecule has 1 amide bonds. The summed E-state index contributed by atoms with van der Waals surface area (Å²) in [5, 5.41) is 14.9. The Bertz CT molecular complexity index is 896. The SMILES string of the molecule is Cc1ccccc1CN1CC2[C@H](C1)[C@H]2NC(=O)C(O)(c1ccccc1)C1CCCC1. The van der Waals surface area contributed by atoms with Gasteiger partial charge in [0.1, 0.15) is 0 Å². The number of benzene rings is 2. The van der Waals surface area contributed by atoms with Crippen molar-refractivity contribution >= 4 is 5.91 Å². The lowest BCUT2D eigenvalue weighted by Crippen LogP contribution is -2.50. The third-order valence-electron chi connectivity index (χ3n) is 7.73. The van der Waals surface area contributed by atoms with E-state index in [4.69, 9.17) is 0 Å². The van der Waals surface area contributed by atoms with Gasteiger partial charge in [-0.25, -0.2) is 0 Å². The van der Waals surface area contributed by atoms with Crippen LogP contribution in [0.1, 0.15) is 42.4 Å². The molecule has 0 bridgehead atoms. The maximum absolute atomic E-state index is 13.4. The molecular weight excluding hydrogens is 372 g/mol. The molecule has 1 heterocycles. The highest BCUT2D eigenvalue weighted by Crippen LogP contribution is 2.47. The largest absolute Gasteiger partial charge is 0.375 e. The van der Waals surface area contributed by atoms with Gasteiger partial charge in [0, 0.05) is 31.6 Å². The van der Waals surface area contributed by atoms with Gasteiger partial charge in [-0.15, -0.1) is 0 Å². The van der Waals surface area contributed by atoms with Crippen LogP contribution in [0.2, 0.25) is 0 Å². The van der Waals surface area contributed by atoms with Crippen LogP contribution in [0.15, 0.2) is 54.6 Å². The van der Waals surface area contributed by atoms with E-state index in [0.717, 1.165) is 50.9 Å². The molecule has 4 heteroatoms. The van der Waals surface area contributed by atoms with Crippen molar-refractivity contribution in [2.75, 3.05) is 13.1 Å². The zero-order valence-corrected chi connectivity index (χ0v) is 17.8. The van der Waals surface area contributed by atoms with Crippen molar-refractivity contribution in [2.24, 2.45) is 17.8 Å². The molecule has 0 aromatic heterocycles. The predicted molar refractivity (Wildman–Crippen MR) is 118 cm³/mol. The Hall–Kier alpha value is -2.17. The first-order valence-electron chi connectivity index (χ1n) is 11.4. The molecule has 4 atom stereocenters. The summed E-state index contributed by atoms with van der Waals surface area (Å²) >= 11 is 0. The van der Waals surface area contributed by atoms with E-state index >= 15 is 0 Å². The Labute approximate surface area is 179 Å². The van der Waals surface area contributed by atoms with Crippen molar-refractivity contribution < 1.29 is 9.90 Å². The van der Waals surface area contributed by atoms with Gasteiger partial charge < -0.3 is 10.4 Å². The molecule has 30 heavy (non-hydrogen) atoms. The molecule has 0 spiro atoms. The van der Waals surface area contributed by atoms with Crippen molar-refractivity contribution in [3.63, 3.8) is 0 Å². The molecule has 2 saturated carbocycles. The molecule has 2 aliphatic carbocycles. The van der Waals surface area contributed by atoms with Crippen molar-refractivity contribution in [3.8, 4) is 0 Å². The average molecular weight is 405 g/mol. The molecule has 1 saturated heterocycles. The molecule has 1 aliphatic heterocycles. The number of likely N-dealkylation sites (tertiary alicyclic amines) is 1. The van der Waals surface area contributed by atoms with Crippen LogP contribution in [0.3, 0.4) is 0 Å². The second kappa shape index (κ2) is 7.82. The fraction of sp³-hybridized carbons (Fsp3) is 0.500. The van der Waals surface area contributed by atoms with Gasteiger partial charge in [-0.3, -0.25) is 9.69 Å². The van der Waals surface area contributed by atoms with Crippen LogP contribution >= 0.6 is 0 Å². The lowest BCUT2D eigenvalue weighted by molar-refractivity contribution is -0.147. The van der Waals surface area contributed by atoms with Crippen LogP contribution in [0, 0.1) is 24.7 Å². The van der Waals surface area contributed by atoms with Crippen molar-refractivity contribution in [1.29, 1.82) is 0 Å². The molecule has 3 fully saturated rings. The third-order valence-corrected chi connectivity index (χ3v) is 7.73. The van der Waals surface area contributed by atoms with Gasteiger partial charge in [-0.05, 0) is 48.3 Å². The zero-order valence-electron chi connectivity index (χ0n) is 17.8. The summed E-state index contributed by atoms with van der Waals surface area (Å²) in [4.78, 5) is 15.9. The van der Waals surface area contributed by atoms with E-state index in [9.17, 15) is 9.90 Å². The smallest absolute Gasteiger partial charge is 0.257 e. The quantitative estimate of drug-likeness (QED) is 0.773. The van der Waals surface area contributed by atoms with Gasteiger partial charge in [-0.2, -0.15) is 0 Å². The fourth-order valence-electron chi connectivity index (χ4n) is 5.83. The van der Waals surface area contributed by atoms with E-state index in [1.54, 1.807) is 0 Å². The van der Waals surface area contributed by atoms with Crippen LogP contribution in [-0.2, 0) is 16.9 Å². The highest BCUT2D eigenvalue weighted by atomic mass is 16.3. The molecule has 2 aromatic carbocycles. The summed E-state index contributed by atoms with van der Waals surface area (Å²) in [7, 11) is 0. The van der Waals surface area contributed by atoms with Crippen LogP contribution in [0.5, 0.6) is 0 Å². The zero-order chi connectivity index (χ0) is 20.7. The maximum atomic E-state index is 13.4. The van der Waals surface area contributed by atoms with Crippen LogP contribution in [0.25, 0.3) is 0 Å². The minimum Gasteiger partial charge on any atom is -0.375 e. The lowest BCUT2D eigenvalue weighted by atomic mass is 9.79. The molecular formula is C26H32N2O2. The lowest BCUT2D eigenvalue weighted by Gasteiger charge is -2.33. The summed E-state index contributed by atoms with van der Waals surface area (Å²) in [6.45, 7) is 5.20. The van der Waals surface area contributed by atoms with E-state index in [1.807, 2.05) is 30.3 Å². The topological polar surface area (TPSA) is 52.6 Å². The molecule has 5 rings (SSSR count). The first kappa shape index (κ1) is 19.8. The number of aliphatic hydroxyl groups is 1. The van der Waals surface area contributed by atoms with E-state index < -0.39 is 5.60 Å². The van der Waals surface area contributed by atoms with E-state index in [0.29, 0.717) is 11.8 Å². The monoisotopic (exact) mass is 404 g/mol. The normalized spacial score (nSPS) is 28.1. The second-order valence-corrected chi connectivity index (χ2v) is 9.56. The standard InChI is InChI=1S/C26H32N2O2/c1-18-9-5-6-10-19(18)15-28-16-22-23(17-28)24(22)27-25(29)26(30,21-13-7-8-14-21)20-11-3-2-4-12-20/h2-6,9-12,21-24,30H,7-8,13-17H2,1H3,(H,27,29)/t22-,23?,24+,26?/m0/s1. The maximum Gasteiger partial charge on any atom is 0.257 e. The van der Waals surface area contributed by atoms with Gasteiger partial charge in [0.25, 0.3) is 5.91 Å². The Morgan fingerprint density at radius 3 is 2.33 bits per heavy atom. The van der Waals surface area contributed by atoms with Crippen molar-refractivity contribution in [3.05, 3.63) is 71.3 Å². The Kier molecular flexibility index (Phi) is 5.16. The highest BCUT2D eigenvalue weighted by Gasteiger charge is 2.58. The van der Waals surface area contributed by atoms with Gasteiger partial charge in [-0.1, -0.05) is 67.4 Å². The number of carbonyl (C=O) groups is 1. The van der Waals surface area contributed by atoms with Gasteiger partial charge in [0.05, 0.1) is 0 Å². The Morgan fingerprint density at radius 2 is 1.67 bits per heavy atom. The number of fused-ring (bicyclic) bond motifs is 1. The number of carbonyl (C=O) groups excluding carboxylic acids is 1. The average Bonchev–Trinajstić information content (AvgIpc) is 3.18. The van der Waals surface area contributed by atoms with Gasteiger partial charge >= 0.3 is 0 Å².